The summed E-state index contributed by atoms with van der Waals surface area (Å²) >= 11 is 0. The van der Waals surface area contributed by atoms with Crippen molar-refractivity contribution in [1.29, 1.82) is 0 Å². The first-order chi connectivity index (χ1) is 17.4. The normalized spacial score (nSPS) is 22.9. The Balaban J connectivity index is 1.31. The molecular formula is C29H30F3N2O2+. The monoisotopic (exact) mass is 495 g/mol. The molecule has 3 fully saturated rings. The first-order valence-corrected chi connectivity index (χ1v) is 12.5. The molecule has 6 rings (SSSR count). The maximum atomic E-state index is 14.7. The van der Waals surface area contributed by atoms with E-state index in [-0.39, 0.29) is 35.9 Å². The number of anilines is 1. The Hall–Kier alpha value is -3.32. The van der Waals surface area contributed by atoms with E-state index in [0.717, 1.165) is 48.9 Å². The Kier molecular flexibility index (Phi) is 7.01. The minimum absolute atomic E-state index is 0.0665. The highest BCUT2D eigenvalue weighted by Crippen LogP contribution is 2.36. The molecule has 36 heavy (non-hydrogen) atoms. The van der Waals surface area contributed by atoms with E-state index in [9.17, 15) is 18.0 Å². The summed E-state index contributed by atoms with van der Waals surface area (Å²) in [5, 5.41) is 0. The standard InChI is InChI=1S/C29H30F3N2O2/c30-24-10-8-22(9-11-24)19-33(27-7-2-1-6-26(27)32)29(35)36-28-20-34(16-13-23(28)14-17-34)15-12-21-4-3-5-25(31)18-21/h1-11,18,23,28H,12-17,19-20H2/q+1. The van der Waals surface area contributed by atoms with Crippen LogP contribution in [-0.4, -0.2) is 42.9 Å². The van der Waals surface area contributed by atoms with Gasteiger partial charge in [0.15, 0.2) is 6.10 Å². The molecule has 3 heterocycles. The summed E-state index contributed by atoms with van der Waals surface area (Å²) in [6.45, 7) is 3.66. The number of benzene rings is 3. The van der Waals surface area contributed by atoms with E-state index in [4.69, 9.17) is 4.74 Å². The van der Waals surface area contributed by atoms with Crippen LogP contribution in [0.4, 0.5) is 23.7 Å². The second-order valence-corrected chi connectivity index (χ2v) is 10.00. The number of hydrogen-bond donors (Lipinski definition) is 0. The summed E-state index contributed by atoms with van der Waals surface area (Å²) in [5.74, 6) is -0.857. The van der Waals surface area contributed by atoms with E-state index in [2.05, 4.69) is 0 Å². The van der Waals surface area contributed by atoms with Crippen molar-refractivity contribution in [3.8, 4) is 0 Å². The highest BCUT2D eigenvalue weighted by atomic mass is 19.1. The Labute approximate surface area is 209 Å². The highest BCUT2D eigenvalue weighted by molar-refractivity contribution is 5.87. The van der Waals surface area contributed by atoms with Crippen molar-refractivity contribution in [1.82, 2.24) is 0 Å². The van der Waals surface area contributed by atoms with Crippen LogP contribution in [0.25, 0.3) is 0 Å². The zero-order chi connectivity index (χ0) is 25.1. The maximum absolute atomic E-state index is 14.7. The van der Waals surface area contributed by atoms with E-state index in [1.165, 1.54) is 29.2 Å². The van der Waals surface area contributed by atoms with Gasteiger partial charge in [-0.05, 0) is 47.5 Å². The molecule has 0 aromatic heterocycles. The van der Waals surface area contributed by atoms with Crippen molar-refractivity contribution in [2.45, 2.75) is 31.9 Å². The number of rotatable bonds is 7. The van der Waals surface area contributed by atoms with Gasteiger partial charge in [-0.15, -0.1) is 0 Å². The van der Waals surface area contributed by atoms with Crippen molar-refractivity contribution in [3.63, 3.8) is 0 Å². The molecule has 3 aliphatic rings. The van der Waals surface area contributed by atoms with Gasteiger partial charge in [0, 0.05) is 25.2 Å². The van der Waals surface area contributed by atoms with Gasteiger partial charge < -0.3 is 9.22 Å². The van der Waals surface area contributed by atoms with Crippen molar-refractivity contribution < 1.29 is 27.2 Å². The second-order valence-electron chi connectivity index (χ2n) is 10.00. The second kappa shape index (κ2) is 10.3. The number of piperidine rings is 3. The van der Waals surface area contributed by atoms with E-state index >= 15 is 0 Å². The summed E-state index contributed by atoms with van der Waals surface area (Å²) in [4.78, 5) is 14.7. The zero-order valence-electron chi connectivity index (χ0n) is 20.1. The van der Waals surface area contributed by atoms with Gasteiger partial charge in [0.05, 0.1) is 31.9 Å². The Morgan fingerprint density at radius 1 is 0.889 bits per heavy atom. The fourth-order valence-electron chi connectivity index (χ4n) is 5.61. The molecule has 188 valence electrons. The van der Waals surface area contributed by atoms with Crippen molar-refractivity contribution in [3.05, 3.63) is 101 Å². The molecule has 1 unspecified atom stereocenters. The van der Waals surface area contributed by atoms with Gasteiger partial charge in [-0.1, -0.05) is 36.4 Å². The van der Waals surface area contributed by atoms with Gasteiger partial charge in [-0.25, -0.2) is 18.0 Å². The van der Waals surface area contributed by atoms with Gasteiger partial charge in [-0.2, -0.15) is 0 Å². The minimum atomic E-state index is -0.605. The molecular weight excluding hydrogens is 465 g/mol. The number of quaternary nitrogens is 1. The molecule has 1 atom stereocenters. The van der Waals surface area contributed by atoms with Gasteiger partial charge in [0.1, 0.15) is 24.0 Å². The molecule has 4 nitrogen and oxygen atoms in total. The summed E-state index contributed by atoms with van der Waals surface area (Å²) in [6, 6.07) is 18.6. The lowest BCUT2D eigenvalue weighted by Gasteiger charge is -2.52. The number of carbonyl (C=O) groups excluding carboxylic acids is 1. The molecule has 0 aliphatic carbocycles. The van der Waals surface area contributed by atoms with Crippen LogP contribution in [0, 0.1) is 23.4 Å². The summed E-state index contributed by atoms with van der Waals surface area (Å²) < 4.78 is 48.6. The third kappa shape index (κ3) is 5.41. The maximum Gasteiger partial charge on any atom is 0.415 e. The van der Waals surface area contributed by atoms with Crippen LogP contribution in [-0.2, 0) is 17.7 Å². The van der Waals surface area contributed by atoms with Crippen LogP contribution in [0.15, 0.2) is 72.8 Å². The van der Waals surface area contributed by atoms with Crippen molar-refractivity contribution in [2.24, 2.45) is 5.92 Å². The Morgan fingerprint density at radius 3 is 2.36 bits per heavy atom. The van der Waals surface area contributed by atoms with Crippen LogP contribution < -0.4 is 4.90 Å². The average Bonchev–Trinajstić information content (AvgIpc) is 2.88. The van der Waals surface area contributed by atoms with Crippen LogP contribution in [0.5, 0.6) is 0 Å². The Bertz CT molecular complexity index is 1210. The van der Waals surface area contributed by atoms with Gasteiger partial charge in [-0.3, -0.25) is 4.90 Å². The average molecular weight is 496 g/mol. The molecule has 0 N–H and O–H groups in total. The molecule has 3 aromatic rings. The number of carbonyl (C=O) groups is 1. The smallest absolute Gasteiger partial charge is 0.415 e. The molecule has 1 amide bonds. The van der Waals surface area contributed by atoms with Crippen LogP contribution in [0.3, 0.4) is 0 Å². The number of para-hydroxylation sites is 1. The largest absolute Gasteiger partial charge is 0.440 e. The predicted octanol–water partition coefficient (Wildman–Crippen LogP) is 6.10. The summed E-state index contributed by atoms with van der Waals surface area (Å²) in [7, 11) is 0. The molecule has 2 bridgehead atoms. The number of amides is 1. The van der Waals surface area contributed by atoms with E-state index < -0.39 is 11.9 Å². The highest BCUT2D eigenvalue weighted by Gasteiger charge is 2.47. The SMILES string of the molecule is O=C(OC1C[N+]2(CCc3cccc(F)c3)CCC1CC2)N(Cc1ccc(F)cc1)c1ccccc1F. The number of ether oxygens (including phenoxy) is 1. The zero-order valence-corrected chi connectivity index (χ0v) is 20.1. The number of nitrogens with zero attached hydrogens (tertiary/aromatic N) is 2. The summed E-state index contributed by atoms with van der Waals surface area (Å²) in [6.07, 6.45) is 1.80. The lowest BCUT2D eigenvalue weighted by Crippen LogP contribution is -2.65. The predicted molar refractivity (Wildman–Crippen MR) is 132 cm³/mol. The van der Waals surface area contributed by atoms with E-state index in [1.807, 2.05) is 6.07 Å². The molecule has 7 heteroatoms. The quantitative estimate of drug-likeness (QED) is 0.371. The van der Waals surface area contributed by atoms with Crippen molar-refractivity contribution >= 4 is 11.8 Å². The molecule has 3 aliphatic heterocycles. The molecule has 0 saturated carbocycles. The first kappa shape index (κ1) is 24.4. The first-order valence-electron chi connectivity index (χ1n) is 12.5. The van der Waals surface area contributed by atoms with Crippen LogP contribution >= 0.6 is 0 Å². The van der Waals surface area contributed by atoms with Crippen molar-refractivity contribution in [2.75, 3.05) is 31.1 Å². The Morgan fingerprint density at radius 2 is 1.64 bits per heavy atom. The number of fused-ring (bicyclic) bond motifs is 3. The molecule has 0 spiro atoms. The van der Waals surface area contributed by atoms with E-state index in [0.29, 0.717) is 12.1 Å². The lowest BCUT2D eigenvalue weighted by molar-refractivity contribution is -0.945. The summed E-state index contributed by atoms with van der Waals surface area (Å²) in [5.41, 5.74) is 1.76. The van der Waals surface area contributed by atoms with Crippen LogP contribution in [0.1, 0.15) is 24.0 Å². The van der Waals surface area contributed by atoms with Gasteiger partial charge in [0.2, 0.25) is 0 Å². The fourth-order valence-corrected chi connectivity index (χ4v) is 5.61. The lowest BCUT2D eigenvalue weighted by atomic mass is 9.83. The number of halogens is 3. The topological polar surface area (TPSA) is 29.5 Å². The van der Waals surface area contributed by atoms with Gasteiger partial charge in [0.25, 0.3) is 0 Å². The fraction of sp³-hybridized carbons (Fsp3) is 0.345. The number of hydrogen-bond acceptors (Lipinski definition) is 2. The molecule has 3 saturated heterocycles. The molecule has 0 radical (unpaired) electrons. The molecule has 3 aromatic carbocycles. The third-order valence-electron chi connectivity index (χ3n) is 7.68. The van der Waals surface area contributed by atoms with Gasteiger partial charge >= 0.3 is 6.09 Å². The minimum Gasteiger partial charge on any atom is -0.440 e. The van der Waals surface area contributed by atoms with Crippen LogP contribution in [0.2, 0.25) is 0 Å². The third-order valence-corrected chi connectivity index (χ3v) is 7.68. The van der Waals surface area contributed by atoms with E-state index in [1.54, 1.807) is 42.5 Å².